The van der Waals surface area contributed by atoms with Crippen molar-refractivity contribution >= 4 is 44.0 Å². The van der Waals surface area contributed by atoms with Crippen LogP contribution in [-0.4, -0.2) is 39.6 Å². The molecular weight excluding hydrogens is 414 g/mol. The summed E-state index contributed by atoms with van der Waals surface area (Å²) in [5.41, 5.74) is -0.0508. The van der Waals surface area contributed by atoms with Gasteiger partial charge in [0.2, 0.25) is 15.8 Å². The van der Waals surface area contributed by atoms with Gasteiger partial charge < -0.3 is 10.1 Å². The number of nitro groups is 1. The summed E-state index contributed by atoms with van der Waals surface area (Å²) >= 11 is 3.17. The lowest BCUT2D eigenvalue weighted by Gasteiger charge is -2.16. The Morgan fingerprint density at radius 3 is 2.65 bits per heavy atom. The van der Waals surface area contributed by atoms with Gasteiger partial charge in [-0.2, -0.15) is 0 Å². The Kier molecular flexibility index (Phi) is 6.78. The number of sulfonamides is 1. The molecule has 1 aromatic carbocycles. The third kappa shape index (κ3) is 4.13. The molecule has 1 aliphatic rings. The van der Waals surface area contributed by atoms with E-state index in [1.807, 2.05) is 0 Å². The number of hydrogen-bond acceptors (Lipinski definition) is 6. The molecule has 0 aliphatic carbocycles. The van der Waals surface area contributed by atoms with Gasteiger partial charge in [-0.15, -0.1) is 12.4 Å². The zero-order valence-electron chi connectivity index (χ0n) is 12.5. The molecule has 1 aromatic rings. The molecule has 2 N–H and O–H groups in total. The second-order valence-corrected chi connectivity index (χ2v) is 7.47. The molecule has 0 amide bonds. The monoisotopic (exact) mass is 429 g/mol. The minimum absolute atomic E-state index is 0. The number of nitrogens with zero attached hydrogens (tertiary/aromatic N) is 1. The molecule has 1 atom stereocenters. The molecule has 1 unspecified atom stereocenters. The predicted molar refractivity (Wildman–Crippen MR) is 90.9 cm³/mol. The van der Waals surface area contributed by atoms with Gasteiger partial charge >= 0.3 is 5.69 Å². The molecule has 1 fully saturated rings. The van der Waals surface area contributed by atoms with Gasteiger partial charge in [0.05, 0.1) is 12.0 Å². The van der Waals surface area contributed by atoms with Gasteiger partial charge in [-0.05, 0) is 26.0 Å². The van der Waals surface area contributed by atoms with Crippen LogP contribution in [-0.2, 0) is 10.0 Å². The van der Waals surface area contributed by atoms with Gasteiger partial charge in [0, 0.05) is 22.6 Å². The third-order valence-electron chi connectivity index (χ3n) is 3.47. The first-order valence-corrected chi connectivity index (χ1v) is 8.80. The average molecular weight is 431 g/mol. The van der Waals surface area contributed by atoms with E-state index in [0.29, 0.717) is 23.0 Å². The summed E-state index contributed by atoms with van der Waals surface area (Å²) in [5.74, 6) is -0.260. The fraction of sp³-hybridized carbons (Fsp3) is 0.500. The summed E-state index contributed by atoms with van der Waals surface area (Å²) in [5, 5.41) is 14.3. The van der Waals surface area contributed by atoms with Crippen molar-refractivity contribution in [3.05, 3.63) is 26.2 Å². The second-order valence-electron chi connectivity index (χ2n) is 4.93. The number of hydrogen-bond donors (Lipinski definition) is 2. The Bertz CT molecular complexity index is 707. The number of methoxy groups -OCH3 is 1. The molecule has 0 aromatic heterocycles. The lowest BCUT2D eigenvalue weighted by atomic mass is 10.2. The van der Waals surface area contributed by atoms with E-state index in [1.54, 1.807) is 0 Å². The van der Waals surface area contributed by atoms with Crippen molar-refractivity contribution in [3.8, 4) is 5.75 Å². The number of halogens is 2. The molecule has 11 heteroatoms. The number of rotatable bonds is 5. The Morgan fingerprint density at radius 1 is 1.52 bits per heavy atom. The van der Waals surface area contributed by atoms with Crippen molar-refractivity contribution in [2.75, 3.05) is 20.2 Å². The Hall–Kier alpha value is -0.940. The summed E-state index contributed by atoms with van der Waals surface area (Å²) in [6.45, 7) is 2.77. The highest BCUT2D eigenvalue weighted by atomic mass is 79.9. The van der Waals surface area contributed by atoms with E-state index in [2.05, 4.69) is 26.0 Å². The molecular formula is C12H17BrClN3O5S. The van der Waals surface area contributed by atoms with Crippen LogP contribution in [0.3, 0.4) is 0 Å². The minimum Gasteiger partial charge on any atom is -0.489 e. The predicted octanol–water partition coefficient (Wildman–Crippen LogP) is 1.74. The summed E-state index contributed by atoms with van der Waals surface area (Å²) in [6, 6.07) is 1.08. The van der Waals surface area contributed by atoms with Crippen molar-refractivity contribution in [1.29, 1.82) is 0 Å². The van der Waals surface area contributed by atoms with Crippen LogP contribution in [0.4, 0.5) is 5.69 Å². The van der Waals surface area contributed by atoms with Gasteiger partial charge in [0.15, 0.2) is 0 Å². The molecule has 130 valence electrons. The number of nitrogens with one attached hydrogen (secondary N) is 2. The van der Waals surface area contributed by atoms with Crippen LogP contribution in [0.25, 0.3) is 0 Å². The number of benzene rings is 1. The maximum atomic E-state index is 12.5. The highest BCUT2D eigenvalue weighted by Crippen LogP contribution is 2.40. The molecule has 1 saturated heterocycles. The van der Waals surface area contributed by atoms with E-state index >= 15 is 0 Å². The Balaban J connectivity index is 0.00000264. The fourth-order valence-corrected chi connectivity index (χ4v) is 4.38. The summed E-state index contributed by atoms with van der Waals surface area (Å²) in [6.07, 6.45) is 0.663. The fourth-order valence-electron chi connectivity index (χ4n) is 2.34. The topological polar surface area (TPSA) is 111 Å². The molecule has 1 heterocycles. The zero-order valence-corrected chi connectivity index (χ0v) is 15.7. The van der Waals surface area contributed by atoms with E-state index in [-0.39, 0.29) is 34.8 Å². The first kappa shape index (κ1) is 20.1. The molecule has 0 radical (unpaired) electrons. The summed E-state index contributed by atoms with van der Waals surface area (Å²) in [4.78, 5) is 10.4. The SMILES string of the molecule is COc1c(S(=O)(=O)NC2CCNC2)cc(Br)c(C)c1[N+](=O)[O-].Cl. The van der Waals surface area contributed by atoms with Gasteiger partial charge in [-0.25, -0.2) is 13.1 Å². The van der Waals surface area contributed by atoms with E-state index < -0.39 is 14.9 Å². The van der Waals surface area contributed by atoms with Gasteiger partial charge in [0.25, 0.3) is 0 Å². The van der Waals surface area contributed by atoms with Crippen LogP contribution in [0, 0.1) is 17.0 Å². The van der Waals surface area contributed by atoms with Crippen molar-refractivity contribution in [1.82, 2.24) is 10.0 Å². The number of nitro benzene ring substituents is 1. The second kappa shape index (κ2) is 7.75. The molecule has 0 spiro atoms. The summed E-state index contributed by atoms with van der Waals surface area (Å²) < 4.78 is 33.0. The van der Waals surface area contributed by atoms with Crippen LogP contribution in [0.15, 0.2) is 15.4 Å². The highest BCUT2D eigenvalue weighted by Gasteiger charge is 2.32. The Labute approximate surface area is 148 Å². The molecule has 8 nitrogen and oxygen atoms in total. The molecule has 2 rings (SSSR count). The zero-order chi connectivity index (χ0) is 16.5. The molecule has 23 heavy (non-hydrogen) atoms. The first-order valence-electron chi connectivity index (χ1n) is 6.52. The van der Waals surface area contributed by atoms with Crippen LogP contribution < -0.4 is 14.8 Å². The minimum atomic E-state index is -3.93. The van der Waals surface area contributed by atoms with E-state index in [1.165, 1.54) is 20.1 Å². The molecule has 1 aliphatic heterocycles. The van der Waals surface area contributed by atoms with Crippen LogP contribution in [0.2, 0.25) is 0 Å². The van der Waals surface area contributed by atoms with Crippen molar-refractivity contribution in [3.63, 3.8) is 0 Å². The largest absolute Gasteiger partial charge is 0.489 e. The standard InChI is InChI=1S/C12H16BrN3O5S.ClH/c1-7-9(13)5-10(12(21-2)11(7)16(17)18)22(19,20)15-8-3-4-14-6-8;/h5,8,14-15H,3-4,6H2,1-2H3;1H. The smallest absolute Gasteiger partial charge is 0.316 e. The van der Waals surface area contributed by atoms with E-state index in [0.717, 1.165) is 6.54 Å². The normalized spacial score (nSPS) is 17.6. The van der Waals surface area contributed by atoms with Crippen molar-refractivity contribution in [2.24, 2.45) is 0 Å². The maximum Gasteiger partial charge on any atom is 0.316 e. The van der Waals surface area contributed by atoms with Gasteiger partial charge in [-0.3, -0.25) is 10.1 Å². The number of ether oxygens (including phenoxy) is 1. The van der Waals surface area contributed by atoms with Gasteiger partial charge in [-0.1, -0.05) is 15.9 Å². The highest BCUT2D eigenvalue weighted by molar-refractivity contribution is 9.10. The van der Waals surface area contributed by atoms with E-state index in [9.17, 15) is 18.5 Å². The van der Waals surface area contributed by atoms with E-state index in [4.69, 9.17) is 4.74 Å². The molecule has 0 bridgehead atoms. The lowest BCUT2D eigenvalue weighted by Crippen LogP contribution is -2.36. The van der Waals surface area contributed by atoms with Crippen molar-refractivity contribution in [2.45, 2.75) is 24.3 Å². The van der Waals surface area contributed by atoms with Gasteiger partial charge in [0.1, 0.15) is 4.90 Å². The first-order chi connectivity index (χ1) is 10.3. The van der Waals surface area contributed by atoms with Crippen molar-refractivity contribution < 1.29 is 18.1 Å². The van der Waals surface area contributed by atoms with Crippen LogP contribution in [0.1, 0.15) is 12.0 Å². The lowest BCUT2D eigenvalue weighted by molar-refractivity contribution is -0.386. The third-order valence-corrected chi connectivity index (χ3v) is 5.82. The Morgan fingerprint density at radius 2 is 2.17 bits per heavy atom. The quantitative estimate of drug-likeness (QED) is 0.544. The average Bonchev–Trinajstić information content (AvgIpc) is 2.92. The van der Waals surface area contributed by atoms with Crippen LogP contribution in [0.5, 0.6) is 5.75 Å². The molecule has 0 saturated carbocycles. The maximum absolute atomic E-state index is 12.5. The van der Waals surface area contributed by atoms with Crippen LogP contribution >= 0.6 is 28.3 Å². The summed E-state index contributed by atoms with van der Waals surface area (Å²) in [7, 11) is -2.72.